The van der Waals surface area contributed by atoms with Crippen LogP contribution in [0.5, 0.6) is 0 Å². The van der Waals surface area contributed by atoms with Gasteiger partial charge in [-0.1, -0.05) is 300 Å². The van der Waals surface area contributed by atoms with Gasteiger partial charge in [-0.15, -0.1) is 0 Å². The van der Waals surface area contributed by atoms with Crippen molar-refractivity contribution in [1.29, 1.82) is 0 Å². The smallest absolute Gasteiger partial charge is 0.462 e. The Morgan fingerprint density at radius 3 is 1.11 bits per heavy atom. The number of hydrogen-bond acceptors (Lipinski definition) is 8. The van der Waals surface area contributed by atoms with E-state index in [0.717, 1.165) is 64.2 Å². The third-order valence-electron chi connectivity index (χ3n) is 14.0. The zero-order valence-electron chi connectivity index (χ0n) is 48.6. The molecule has 0 radical (unpaired) electrons. The number of ether oxygens (including phenoxy) is 2. The Kier molecular flexibility index (Phi) is 58.6. The Hall–Kier alpha value is -2.03. The second kappa shape index (κ2) is 60.2. The number of esters is 2. The lowest BCUT2D eigenvalue weighted by Gasteiger charge is -2.19. The first-order valence-electron chi connectivity index (χ1n) is 31.6. The van der Waals surface area contributed by atoms with Gasteiger partial charge in [0.15, 0.2) is 6.10 Å². The van der Waals surface area contributed by atoms with Crippen molar-refractivity contribution in [2.75, 3.05) is 26.4 Å². The van der Waals surface area contributed by atoms with Gasteiger partial charge in [-0.05, 0) is 51.4 Å². The average molecular weight is 1060 g/mol. The van der Waals surface area contributed by atoms with Crippen LogP contribution in [-0.2, 0) is 32.7 Å². The number of carbonyl (C=O) groups excluding carboxylic acids is 2. The number of nitrogens with two attached hydrogens (primary N) is 1. The maximum absolute atomic E-state index is 12.7. The van der Waals surface area contributed by atoms with Crippen LogP contribution >= 0.6 is 7.82 Å². The minimum absolute atomic E-state index is 0.0538. The molecule has 0 spiro atoms. The Morgan fingerprint density at radius 2 is 0.743 bits per heavy atom. The SMILES string of the molecule is CC/C=C\C/C=C\C/C=C\C/C=C\CCCCCCCCCCCCCCC(=O)OC(COC(=O)CCCCCCCCCCCCCCCCCCCCCCCCCCCCCC)COP(=O)(O)OCCN. The molecule has 434 valence electrons. The minimum Gasteiger partial charge on any atom is -0.462 e. The van der Waals surface area contributed by atoms with Gasteiger partial charge in [0.05, 0.1) is 13.2 Å². The van der Waals surface area contributed by atoms with E-state index < -0.39 is 26.5 Å². The maximum Gasteiger partial charge on any atom is 0.472 e. The summed E-state index contributed by atoms with van der Waals surface area (Å²) in [6.07, 6.45) is 74.7. The summed E-state index contributed by atoms with van der Waals surface area (Å²) >= 11 is 0. The highest BCUT2D eigenvalue weighted by Crippen LogP contribution is 2.43. The van der Waals surface area contributed by atoms with E-state index in [0.29, 0.717) is 6.42 Å². The third-order valence-corrected chi connectivity index (χ3v) is 15.0. The van der Waals surface area contributed by atoms with Crippen molar-refractivity contribution in [3.8, 4) is 0 Å². The van der Waals surface area contributed by atoms with E-state index in [2.05, 4.69) is 62.5 Å². The Balaban J connectivity index is 3.89. The summed E-state index contributed by atoms with van der Waals surface area (Å²) in [7, 11) is -4.39. The quantitative estimate of drug-likeness (QED) is 0.0264. The first kappa shape index (κ1) is 72.0. The Labute approximate surface area is 457 Å². The molecule has 10 heteroatoms. The predicted molar refractivity (Wildman–Crippen MR) is 317 cm³/mol. The van der Waals surface area contributed by atoms with Crippen molar-refractivity contribution in [1.82, 2.24) is 0 Å². The van der Waals surface area contributed by atoms with Crippen LogP contribution in [0.4, 0.5) is 0 Å². The lowest BCUT2D eigenvalue weighted by molar-refractivity contribution is -0.161. The summed E-state index contributed by atoms with van der Waals surface area (Å²) < 4.78 is 33.1. The van der Waals surface area contributed by atoms with E-state index in [-0.39, 0.29) is 38.6 Å². The zero-order valence-corrected chi connectivity index (χ0v) is 49.5. The molecular formula is C64H120NO8P. The van der Waals surface area contributed by atoms with E-state index in [1.807, 2.05) is 0 Å². The van der Waals surface area contributed by atoms with Gasteiger partial charge in [0.1, 0.15) is 6.61 Å². The van der Waals surface area contributed by atoms with E-state index in [1.54, 1.807) is 0 Å². The van der Waals surface area contributed by atoms with Crippen LogP contribution in [0.2, 0.25) is 0 Å². The molecule has 2 unspecified atom stereocenters. The van der Waals surface area contributed by atoms with Crippen LogP contribution in [0.25, 0.3) is 0 Å². The minimum atomic E-state index is -4.39. The summed E-state index contributed by atoms with van der Waals surface area (Å²) in [6, 6.07) is 0. The second-order valence-corrected chi connectivity index (χ2v) is 22.7. The zero-order chi connectivity index (χ0) is 53.8. The lowest BCUT2D eigenvalue weighted by Crippen LogP contribution is -2.29. The van der Waals surface area contributed by atoms with Crippen LogP contribution < -0.4 is 5.73 Å². The fraction of sp³-hybridized carbons (Fsp3) is 0.844. The molecule has 0 saturated carbocycles. The van der Waals surface area contributed by atoms with Gasteiger partial charge in [-0.3, -0.25) is 18.6 Å². The highest BCUT2D eigenvalue weighted by Gasteiger charge is 2.26. The van der Waals surface area contributed by atoms with Gasteiger partial charge in [0.25, 0.3) is 0 Å². The number of rotatable bonds is 60. The van der Waals surface area contributed by atoms with E-state index >= 15 is 0 Å². The normalized spacial score (nSPS) is 13.3. The molecule has 0 saturated heterocycles. The number of hydrogen-bond donors (Lipinski definition) is 2. The fourth-order valence-electron chi connectivity index (χ4n) is 9.34. The number of phosphoric acid groups is 1. The van der Waals surface area contributed by atoms with E-state index in [9.17, 15) is 19.0 Å². The molecule has 0 aliphatic carbocycles. The van der Waals surface area contributed by atoms with Crippen LogP contribution in [0.1, 0.15) is 316 Å². The number of allylic oxidation sites excluding steroid dienone is 8. The van der Waals surface area contributed by atoms with Gasteiger partial charge in [-0.2, -0.15) is 0 Å². The summed E-state index contributed by atoms with van der Waals surface area (Å²) in [4.78, 5) is 35.3. The molecule has 2 atom stereocenters. The van der Waals surface area contributed by atoms with Gasteiger partial charge in [0, 0.05) is 19.4 Å². The van der Waals surface area contributed by atoms with Crippen LogP contribution in [-0.4, -0.2) is 49.3 Å². The molecule has 0 aromatic carbocycles. The summed E-state index contributed by atoms with van der Waals surface area (Å²) in [5.74, 6) is -0.814. The number of carbonyl (C=O) groups is 2. The average Bonchev–Trinajstić information content (AvgIpc) is 3.39. The van der Waals surface area contributed by atoms with E-state index in [4.69, 9.17) is 24.3 Å². The summed E-state index contributed by atoms with van der Waals surface area (Å²) in [6.45, 7) is 3.69. The standard InChI is InChI=1S/C64H120NO8P/c1-3-5-7-9-11-13-15-17-19-21-23-25-27-29-30-31-33-34-36-38-40-42-44-46-48-50-52-54-56-63(66)70-60-62(61-72-74(68,69)71-59-58-65)73-64(67)57-55-53-51-49-47-45-43-41-39-37-35-32-28-26-24-22-20-18-16-14-12-10-8-6-4-2/h6,8,12,14,18,20,24,26,62H,3-5,7,9-11,13,15-17,19,21-23,25,27-61,65H2,1-2H3,(H,68,69)/b8-6-,14-12-,20-18-,26-24-. The van der Waals surface area contributed by atoms with Crippen molar-refractivity contribution in [2.45, 2.75) is 322 Å². The molecular weight excluding hydrogens is 942 g/mol. The van der Waals surface area contributed by atoms with Gasteiger partial charge < -0.3 is 20.1 Å². The Bertz CT molecular complexity index is 1350. The monoisotopic (exact) mass is 1060 g/mol. The molecule has 0 aliphatic rings. The Morgan fingerprint density at radius 1 is 0.419 bits per heavy atom. The molecule has 0 amide bonds. The summed E-state index contributed by atoms with van der Waals surface area (Å²) in [5, 5.41) is 0. The molecule has 0 aliphatic heterocycles. The van der Waals surface area contributed by atoms with E-state index in [1.165, 1.54) is 218 Å². The van der Waals surface area contributed by atoms with Crippen LogP contribution in [0, 0.1) is 0 Å². The molecule has 0 bridgehead atoms. The van der Waals surface area contributed by atoms with Gasteiger partial charge in [0.2, 0.25) is 0 Å². The summed E-state index contributed by atoms with van der Waals surface area (Å²) in [5.41, 5.74) is 5.39. The second-order valence-electron chi connectivity index (χ2n) is 21.3. The molecule has 9 nitrogen and oxygen atoms in total. The third kappa shape index (κ3) is 59.2. The first-order chi connectivity index (χ1) is 36.3. The lowest BCUT2D eigenvalue weighted by atomic mass is 10.0. The first-order valence-corrected chi connectivity index (χ1v) is 33.1. The highest BCUT2D eigenvalue weighted by atomic mass is 31.2. The predicted octanol–water partition coefficient (Wildman–Crippen LogP) is 20.1. The van der Waals surface area contributed by atoms with Crippen molar-refractivity contribution < 1.29 is 37.6 Å². The largest absolute Gasteiger partial charge is 0.472 e. The molecule has 0 heterocycles. The maximum atomic E-state index is 12.7. The van der Waals surface area contributed by atoms with Crippen molar-refractivity contribution in [3.63, 3.8) is 0 Å². The van der Waals surface area contributed by atoms with Gasteiger partial charge >= 0.3 is 19.8 Å². The topological polar surface area (TPSA) is 134 Å². The van der Waals surface area contributed by atoms with Crippen molar-refractivity contribution in [3.05, 3.63) is 48.6 Å². The van der Waals surface area contributed by atoms with Crippen molar-refractivity contribution in [2.24, 2.45) is 5.73 Å². The van der Waals surface area contributed by atoms with Crippen LogP contribution in [0.15, 0.2) is 48.6 Å². The molecule has 0 aromatic rings. The molecule has 0 rings (SSSR count). The molecule has 0 fully saturated rings. The van der Waals surface area contributed by atoms with Crippen molar-refractivity contribution >= 4 is 19.8 Å². The molecule has 3 N–H and O–H groups in total. The van der Waals surface area contributed by atoms with Crippen LogP contribution in [0.3, 0.4) is 0 Å². The molecule has 0 aromatic heterocycles. The highest BCUT2D eigenvalue weighted by molar-refractivity contribution is 7.47. The molecule has 74 heavy (non-hydrogen) atoms. The number of phosphoric ester groups is 1. The number of unbranched alkanes of at least 4 members (excludes halogenated alkanes) is 39. The van der Waals surface area contributed by atoms with Gasteiger partial charge in [-0.25, -0.2) is 4.57 Å². The fourth-order valence-corrected chi connectivity index (χ4v) is 10.1.